The van der Waals surface area contributed by atoms with Crippen LogP contribution < -0.4 is 5.32 Å². The van der Waals surface area contributed by atoms with E-state index in [1.54, 1.807) is 32.9 Å². The second-order valence-electron chi connectivity index (χ2n) is 7.24. The lowest BCUT2D eigenvalue weighted by atomic mass is 9.97. The molecule has 1 aromatic rings. The van der Waals surface area contributed by atoms with Crippen molar-refractivity contribution in [1.82, 2.24) is 10.3 Å². The van der Waals surface area contributed by atoms with Gasteiger partial charge in [0, 0.05) is 0 Å². The van der Waals surface area contributed by atoms with Crippen molar-refractivity contribution in [3.8, 4) is 6.07 Å². The number of hydrogen-bond acceptors (Lipinski definition) is 5. The van der Waals surface area contributed by atoms with Crippen LogP contribution in [0.1, 0.15) is 40.3 Å². The summed E-state index contributed by atoms with van der Waals surface area (Å²) in [6.45, 7) is 6.32. The maximum atomic E-state index is 13.1. The van der Waals surface area contributed by atoms with Crippen LogP contribution in [0, 0.1) is 11.3 Å². The number of rotatable bonds is 5. The molecule has 0 spiro atoms. The van der Waals surface area contributed by atoms with Crippen LogP contribution in [0.4, 0.5) is 18.0 Å². The van der Waals surface area contributed by atoms with Gasteiger partial charge < -0.3 is 14.8 Å². The van der Waals surface area contributed by atoms with Crippen LogP contribution in [0.3, 0.4) is 0 Å². The zero-order chi connectivity index (χ0) is 21.1. The molecule has 1 rings (SSSR count). The number of alkyl halides is 3. The van der Waals surface area contributed by atoms with Crippen LogP contribution in [0.15, 0.2) is 22.8 Å². The lowest BCUT2D eigenvalue weighted by molar-refractivity contribution is -0.251. The minimum atomic E-state index is -4.92. The van der Waals surface area contributed by atoms with Crippen molar-refractivity contribution in [3.05, 3.63) is 28.5 Å². The predicted octanol–water partition coefficient (Wildman–Crippen LogP) is 4.45. The van der Waals surface area contributed by atoms with Crippen LogP contribution >= 0.6 is 15.9 Å². The fourth-order valence-corrected chi connectivity index (χ4v) is 2.23. The zero-order valence-electron chi connectivity index (χ0n) is 15.6. The van der Waals surface area contributed by atoms with Crippen LogP contribution in [-0.2, 0) is 15.0 Å². The highest BCUT2D eigenvalue weighted by Gasteiger charge is 2.54. The molecule has 0 bridgehead atoms. The maximum Gasteiger partial charge on any atom is 0.430 e. The Morgan fingerprint density at radius 3 is 2.30 bits per heavy atom. The van der Waals surface area contributed by atoms with Gasteiger partial charge in [0.05, 0.1) is 12.3 Å². The minimum Gasteiger partial charge on any atom is -0.444 e. The van der Waals surface area contributed by atoms with Crippen molar-refractivity contribution in [2.45, 2.75) is 57.5 Å². The Balaban J connectivity index is 3.19. The maximum absolute atomic E-state index is 13.1. The van der Waals surface area contributed by atoms with Gasteiger partial charge in [0.2, 0.25) is 5.60 Å². The summed E-state index contributed by atoms with van der Waals surface area (Å²) in [5, 5.41) is 11.4. The number of hydrogen-bond donors (Lipinski definition) is 1. The van der Waals surface area contributed by atoms with Gasteiger partial charge in [0.1, 0.15) is 21.8 Å². The molecular formula is C17H21BrF3N3O3. The van der Waals surface area contributed by atoms with Crippen molar-refractivity contribution in [3.63, 3.8) is 0 Å². The molecule has 1 aromatic heterocycles. The molecule has 27 heavy (non-hydrogen) atoms. The number of aromatic nitrogens is 1. The Kier molecular flexibility index (Phi) is 6.89. The summed E-state index contributed by atoms with van der Waals surface area (Å²) in [5.74, 6) is 0. The van der Waals surface area contributed by atoms with Crippen molar-refractivity contribution in [2.75, 3.05) is 6.61 Å². The highest BCUT2D eigenvalue weighted by molar-refractivity contribution is 9.10. The van der Waals surface area contributed by atoms with E-state index in [0.29, 0.717) is 11.5 Å². The van der Waals surface area contributed by atoms with Crippen LogP contribution in [0.25, 0.3) is 0 Å². The summed E-state index contributed by atoms with van der Waals surface area (Å²) < 4.78 is 50.0. The van der Waals surface area contributed by atoms with Crippen molar-refractivity contribution >= 4 is 22.0 Å². The van der Waals surface area contributed by atoms with Gasteiger partial charge in [-0.05, 0) is 62.7 Å². The fraction of sp³-hybridized carbons (Fsp3) is 0.588. The number of pyridine rings is 1. The third kappa shape index (κ3) is 6.36. The Bertz CT molecular complexity index is 731. The van der Waals surface area contributed by atoms with Gasteiger partial charge in [-0.1, -0.05) is 6.07 Å². The van der Waals surface area contributed by atoms with Crippen molar-refractivity contribution in [1.29, 1.82) is 5.26 Å². The van der Waals surface area contributed by atoms with E-state index in [1.165, 1.54) is 13.0 Å². The summed E-state index contributed by atoms with van der Waals surface area (Å²) in [5.41, 5.74) is -5.13. The van der Waals surface area contributed by atoms with Crippen LogP contribution in [0.2, 0.25) is 0 Å². The first-order chi connectivity index (χ1) is 12.1. The molecule has 0 saturated heterocycles. The van der Waals surface area contributed by atoms with Gasteiger partial charge in [0.15, 0.2) is 0 Å². The monoisotopic (exact) mass is 451 g/mol. The molecule has 0 aliphatic carbocycles. The number of carbonyl (C=O) groups excluding carboxylic acids is 1. The van der Waals surface area contributed by atoms with Crippen molar-refractivity contribution < 1.29 is 27.4 Å². The van der Waals surface area contributed by atoms with Gasteiger partial charge in [-0.25, -0.2) is 9.78 Å². The first-order valence-electron chi connectivity index (χ1n) is 7.88. The Labute approximate surface area is 164 Å². The predicted molar refractivity (Wildman–Crippen MR) is 94.7 cm³/mol. The fourth-order valence-electron chi connectivity index (χ4n) is 1.88. The average molecular weight is 452 g/mol. The molecule has 0 fully saturated rings. The van der Waals surface area contributed by atoms with Crippen molar-refractivity contribution in [2.24, 2.45) is 0 Å². The number of amides is 1. The average Bonchev–Trinajstić information content (AvgIpc) is 2.49. The molecule has 6 nitrogen and oxygen atoms in total. The van der Waals surface area contributed by atoms with Gasteiger partial charge >= 0.3 is 12.3 Å². The summed E-state index contributed by atoms with van der Waals surface area (Å²) in [6.07, 6.45) is -5.78. The second kappa shape index (κ2) is 8.02. The highest BCUT2D eigenvalue weighted by Crippen LogP contribution is 2.34. The third-order valence-electron chi connectivity index (χ3n) is 3.46. The van der Waals surface area contributed by atoms with Crippen LogP contribution in [-0.4, -0.2) is 35.1 Å². The highest BCUT2D eigenvalue weighted by atomic mass is 79.9. The molecule has 0 aliphatic heterocycles. The van der Waals surface area contributed by atoms with E-state index >= 15 is 0 Å². The molecule has 0 saturated carbocycles. The summed E-state index contributed by atoms with van der Waals surface area (Å²) in [6, 6.07) is 5.87. The number of nitrogens with one attached hydrogen (secondary N) is 1. The molecule has 10 heteroatoms. The summed E-state index contributed by atoms with van der Waals surface area (Å²) in [7, 11) is 0. The SMILES string of the molecule is CC(C)(C)OC(=O)N[C@](C)(CO[C@](C)(C#N)C(F)(F)F)c1cccc(Br)n1. The topological polar surface area (TPSA) is 84.2 Å². The largest absolute Gasteiger partial charge is 0.444 e. The quantitative estimate of drug-likeness (QED) is 0.668. The smallest absolute Gasteiger partial charge is 0.430 e. The first kappa shape index (κ1) is 23.2. The Morgan fingerprint density at radius 2 is 1.85 bits per heavy atom. The van der Waals surface area contributed by atoms with E-state index < -0.39 is 35.6 Å². The van der Waals surface area contributed by atoms with Gasteiger partial charge in [-0.15, -0.1) is 0 Å². The zero-order valence-corrected chi connectivity index (χ0v) is 17.2. The van der Waals surface area contributed by atoms with E-state index in [9.17, 15) is 18.0 Å². The number of halogens is 4. The van der Waals surface area contributed by atoms with Gasteiger partial charge in [-0.2, -0.15) is 18.4 Å². The third-order valence-corrected chi connectivity index (χ3v) is 3.90. The van der Waals surface area contributed by atoms with Gasteiger partial charge in [-0.3, -0.25) is 0 Å². The normalized spacial score (nSPS) is 16.6. The Morgan fingerprint density at radius 1 is 1.26 bits per heavy atom. The molecule has 1 heterocycles. The Hall–Kier alpha value is -1.86. The van der Waals surface area contributed by atoms with Crippen LogP contribution in [0.5, 0.6) is 0 Å². The van der Waals surface area contributed by atoms with E-state index in [2.05, 4.69) is 26.2 Å². The lowest BCUT2D eigenvalue weighted by Gasteiger charge is -2.34. The van der Waals surface area contributed by atoms with E-state index in [0.717, 1.165) is 6.07 Å². The lowest BCUT2D eigenvalue weighted by Crippen LogP contribution is -2.53. The van der Waals surface area contributed by atoms with E-state index in [-0.39, 0.29) is 5.69 Å². The second-order valence-corrected chi connectivity index (χ2v) is 8.05. The molecule has 0 aliphatic rings. The molecule has 0 aromatic carbocycles. The van der Waals surface area contributed by atoms with Gasteiger partial charge in [0.25, 0.3) is 0 Å². The molecule has 2 atom stereocenters. The molecule has 150 valence electrons. The summed E-state index contributed by atoms with van der Waals surface area (Å²) in [4.78, 5) is 16.4. The van der Waals surface area contributed by atoms with E-state index in [1.807, 2.05) is 0 Å². The number of alkyl carbamates (subject to hydrolysis) is 1. The molecular weight excluding hydrogens is 431 g/mol. The number of nitriles is 1. The number of nitrogens with zero attached hydrogens (tertiary/aromatic N) is 2. The first-order valence-corrected chi connectivity index (χ1v) is 8.67. The molecule has 0 radical (unpaired) electrons. The minimum absolute atomic E-state index is 0.227. The molecule has 0 unspecified atom stereocenters. The molecule has 1 amide bonds. The summed E-state index contributed by atoms with van der Waals surface area (Å²) >= 11 is 3.18. The standard InChI is InChI=1S/C17H21BrF3N3O3/c1-14(2,3)27-13(25)24-15(4,11-7-6-8-12(18)23-11)10-26-16(5,9-22)17(19,20)21/h6-8H,10H2,1-5H3,(H,24,25)/t15-,16-/m1/s1. The van der Waals surface area contributed by atoms with E-state index in [4.69, 9.17) is 14.7 Å². The molecule has 1 N–H and O–H groups in total. The number of carbonyl (C=O) groups is 1. The number of ether oxygens (including phenoxy) is 2.